The van der Waals surface area contributed by atoms with Crippen LogP contribution in [0, 0.1) is 11.5 Å². The molecule has 16 heavy (non-hydrogen) atoms. The molecule has 0 saturated carbocycles. The summed E-state index contributed by atoms with van der Waals surface area (Å²) in [5.74, 6) is 3.28. The van der Waals surface area contributed by atoms with E-state index in [0.717, 1.165) is 13.1 Å². The normalized spacial score (nSPS) is 11.1. The molecule has 0 atom stereocenters. The van der Waals surface area contributed by atoms with Gasteiger partial charge in [0.25, 0.3) is 0 Å². The van der Waals surface area contributed by atoms with E-state index in [-0.39, 0.29) is 0 Å². The van der Waals surface area contributed by atoms with Gasteiger partial charge in [0.1, 0.15) is 8.07 Å². The fraction of sp³-hybridized carbons (Fsp3) is 0.429. The summed E-state index contributed by atoms with van der Waals surface area (Å²) in [6.45, 7) is 8.66. The van der Waals surface area contributed by atoms with E-state index in [9.17, 15) is 0 Å². The van der Waals surface area contributed by atoms with E-state index in [1.54, 1.807) is 0 Å². The van der Waals surface area contributed by atoms with Crippen molar-refractivity contribution in [1.82, 2.24) is 4.90 Å². The average Bonchev–Trinajstić information content (AvgIpc) is 2.17. The monoisotopic (exact) mass is 231 g/mol. The van der Waals surface area contributed by atoms with Crippen molar-refractivity contribution in [3.8, 4) is 11.5 Å². The molecule has 2 heteroatoms. The number of nitrogens with zero attached hydrogens (tertiary/aromatic N) is 1. The van der Waals surface area contributed by atoms with Crippen molar-refractivity contribution in [2.45, 2.75) is 26.2 Å². The van der Waals surface area contributed by atoms with Crippen LogP contribution in [0.5, 0.6) is 0 Å². The number of hydrogen-bond acceptors (Lipinski definition) is 1. The number of benzene rings is 1. The van der Waals surface area contributed by atoms with Crippen LogP contribution in [0.25, 0.3) is 0 Å². The minimum Gasteiger partial charge on any atom is -0.291 e. The van der Waals surface area contributed by atoms with Gasteiger partial charge < -0.3 is 0 Å². The van der Waals surface area contributed by atoms with Gasteiger partial charge in [0.2, 0.25) is 0 Å². The molecule has 0 N–H and O–H groups in total. The van der Waals surface area contributed by atoms with Crippen LogP contribution < -0.4 is 0 Å². The second-order valence-electron chi connectivity index (χ2n) is 5.21. The van der Waals surface area contributed by atoms with Crippen LogP contribution in [0.1, 0.15) is 5.56 Å². The van der Waals surface area contributed by atoms with E-state index in [4.69, 9.17) is 0 Å². The predicted octanol–water partition coefficient (Wildman–Crippen LogP) is 3.00. The van der Waals surface area contributed by atoms with Gasteiger partial charge in [-0.3, -0.25) is 4.90 Å². The Kier molecular flexibility index (Phi) is 4.79. The summed E-state index contributed by atoms with van der Waals surface area (Å²) < 4.78 is 0. The molecule has 1 rings (SSSR count). The third kappa shape index (κ3) is 5.74. The quantitative estimate of drug-likeness (QED) is 0.571. The Bertz CT molecular complexity index is 367. The smallest absolute Gasteiger partial charge is 0.129 e. The van der Waals surface area contributed by atoms with Crippen LogP contribution in [-0.4, -0.2) is 26.6 Å². The zero-order valence-electron chi connectivity index (χ0n) is 10.7. The molecule has 0 aliphatic heterocycles. The summed E-state index contributed by atoms with van der Waals surface area (Å²) in [6, 6.07) is 10.5. The number of rotatable bonds is 3. The molecule has 0 spiro atoms. The first-order valence-electron chi connectivity index (χ1n) is 5.70. The molecule has 0 unspecified atom stereocenters. The average molecular weight is 231 g/mol. The third-order valence-corrected chi connectivity index (χ3v) is 3.03. The van der Waals surface area contributed by atoms with Gasteiger partial charge in [0, 0.05) is 6.54 Å². The maximum Gasteiger partial charge on any atom is 0.129 e. The first kappa shape index (κ1) is 13.0. The Hall–Kier alpha value is -1.04. The zero-order chi connectivity index (χ0) is 12.0. The Morgan fingerprint density at radius 1 is 1.12 bits per heavy atom. The predicted molar refractivity (Wildman–Crippen MR) is 73.9 cm³/mol. The van der Waals surface area contributed by atoms with Crippen LogP contribution in [0.15, 0.2) is 30.3 Å². The highest BCUT2D eigenvalue weighted by atomic mass is 28.3. The molecule has 0 radical (unpaired) electrons. The van der Waals surface area contributed by atoms with Crippen molar-refractivity contribution in [1.29, 1.82) is 0 Å². The van der Waals surface area contributed by atoms with E-state index in [0.29, 0.717) is 0 Å². The van der Waals surface area contributed by atoms with Gasteiger partial charge in [-0.25, -0.2) is 0 Å². The SMILES string of the molecule is CN(CC#C[Si](C)(C)C)Cc1ccccc1. The minimum absolute atomic E-state index is 0.860. The fourth-order valence-corrected chi connectivity index (χ4v) is 2.00. The van der Waals surface area contributed by atoms with Gasteiger partial charge in [-0.1, -0.05) is 55.9 Å². The van der Waals surface area contributed by atoms with E-state index >= 15 is 0 Å². The van der Waals surface area contributed by atoms with E-state index in [2.05, 4.69) is 73.4 Å². The highest BCUT2D eigenvalue weighted by Gasteiger charge is 2.07. The lowest BCUT2D eigenvalue weighted by atomic mass is 10.2. The molecule has 0 amide bonds. The van der Waals surface area contributed by atoms with Crippen molar-refractivity contribution in [2.75, 3.05) is 13.6 Å². The van der Waals surface area contributed by atoms with Crippen LogP contribution in [0.4, 0.5) is 0 Å². The molecule has 1 aromatic carbocycles. The third-order valence-electron chi connectivity index (χ3n) is 2.11. The van der Waals surface area contributed by atoms with Gasteiger partial charge in [-0.2, -0.15) is 0 Å². The van der Waals surface area contributed by atoms with E-state index < -0.39 is 8.07 Å². The summed E-state index contributed by atoms with van der Waals surface area (Å²) in [7, 11) is 0.913. The Labute approximate surface area is 100 Å². The Morgan fingerprint density at radius 2 is 1.75 bits per heavy atom. The maximum atomic E-state index is 3.39. The molecule has 0 aliphatic carbocycles. The second-order valence-corrected chi connectivity index (χ2v) is 9.96. The van der Waals surface area contributed by atoms with Crippen LogP contribution in [0.2, 0.25) is 19.6 Å². The molecule has 0 fully saturated rings. The highest BCUT2D eigenvalue weighted by molar-refractivity contribution is 6.83. The maximum absolute atomic E-state index is 3.39. The Balaban J connectivity index is 2.42. The lowest BCUT2D eigenvalue weighted by Gasteiger charge is -2.13. The van der Waals surface area contributed by atoms with E-state index in [1.807, 2.05) is 0 Å². The Morgan fingerprint density at radius 3 is 2.31 bits per heavy atom. The summed E-state index contributed by atoms with van der Waals surface area (Å²) in [6.07, 6.45) is 0. The first-order chi connectivity index (χ1) is 7.47. The van der Waals surface area contributed by atoms with Gasteiger partial charge in [-0.15, -0.1) is 5.54 Å². The molecule has 1 aromatic rings. The minimum atomic E-state index is -1.20. The molecule has 0 bridgehead atoms. The lowest BCUT2D eigenvalue weighted by molar-refractivity contribution is 0.369. The van der Waals surface area contributed by atoms with Crippen molar-refractivity contribution >= 4 is 8.07 Å². The van der Waals surface area contributed by atoms with Crippen LogP contribution >= 0.6 is 0 Å². The first-order valence-corrected chi connectivity index (χ1v) is 9.20. The molecule has 1 nitrogen and oxygen atoms in total. The lowest BCUT2D eigenvalue weighted by Crippen LogP contribution is -2.20. The molecular weight excluding hydrogens is 210 g/mol. The van der Waals surface area contributed by atoms with Crippen molar-refractivity contribution < 1.29 is 0 Å². The fourth-order valence-electron chi connectivity index (χ4n) is 1.39. The molecule has 0 saturated heterocycles. The molecular formula is C14H21NSi. The highest BCUT2D eigenvalue weighted by Crippen LogP contribution is 2.02. The molecule has 0 aromatic heterocycles. The molecule has 0 aliphatic rings. The van der Waals surface area contributed by atoms with Crippen molar-refractivity contribution in [3.05, 3.63) is 35.9 Å². The second kappa shape index (κ2) is 5.88. The van der Waals surface area contributed by atoms with Gasteiger partial charge >= 0.3 is 0 Å². The molecule has 0 heterocycles. The van der Waals surface area contributed by atoms with Crippen LogP contribution in [-0.2, 0) is 6.54 Å². The largest absolute Gasteiger partial charge is 0.291 e. The van der Waals surface area contributed by atoms with Gasteiger partial charge in [0.05, 0.1) is 6.54 Å². The summed E-state index contributed by atoms with van der Waals surface area (Å²) in [5, 5.41) is 0. The van der Waals surface area contributed by atoms with Crippen molar-refractivity contribution in [2.24, 2.45) is 0 Å². The van der Waals surface area contributed by atoms with Gasteiger partial charge in [0.15, 0.2) is 0 Å². The van der Waals surface area contributed by atoms with E-state index in [1.165, 1.54) is 5.56 Å². The topological polar surface area (TPSA) is 3.24 Å². The van der Waals surface area contributed by atoms with Gasteiger partial charge in [-0.05, 0) is 12.6 Å². The van der Waals surface area contributed by atoms with Crippen molar-refractivity contribution in [3.63, 3.8) is 0 Å². The standard InChI is InChI=1S/C14H21NSi/c1-15(11-8-12-16(2,3)4)13-14-9-6-5-7-10-14/h5-7,9-10H,11,13H2,1-4H3. The summed E-state index contributed by atoms with van der Waals surface area (Å²) in [5.41, 5.74) is 4.73. The molecule has 86 valence electrons. The van der Waals surface area contributed by atoms with Crippen LogP contribution in [0.3, 0.4) is 0 Å². The summed E-state index contributed by atoms with van der Waals surface area (Å²) in [4.78, 5) is 2.25. The summed E-state index contributed by atoms with van der Waals surface area (Å²) >= 11 is 0. The zero-order valence-corrected chi connectivity index (χ0v) is 11.7. The number of hydrogen-bond donors (Lipinski definition) is 0.